The molecule has 1 aromatic carbocycles. The van der Waals surface area contributed by atoms with Crippen molar-refractivity contribution in [3.63, 3.8) is 0 Å². The highest BCUT2D eigenvalue weighted by Crippen LogP contribution is 2.34. The number of nitrogens with zero attached hydrogens (tertiary/aromatic N) is 5. The van der Waals surface area contributed by atoms with Crippen LogP contribution in [0.3, 0.4) is 0 Å². The fourth-order valence-corrected chi connectivity index (χ4v) is 2.31. The van der Waals surface area contributed by atoms with E-state index in [4.69, 9.17) is 22.1 Å². The Labute approximate surface area is 136 Å². The first-order valence-electron chi connectivity index (χ1n) is 6.33. The van der Waals surface area contributed by atoms with Crippen LogP contribution in [0.5, 0.6) is 0 Å². The molecule has 1 aromatic heterocycles. The lowest BCUT2D eigenvalue weighted by Crippen LogP contribution is -2.07. The van der Waals surface area contributed by atoms with Gasteiger partial charge in [0.05, 0.1) is 11.4 Å². The molecule has 0 spiro atoms. The van der Waals surface area contributed by atoms with Crippen LogP contribution in [-0.4, -0.2) is 9.97 Å². The van der Waals surface area contributed by atoms with Crippen LogP contribution in [0.4, 0.5) is 11.4 Å². The van der Waals surface area contributed by atoms with Crippen molar-refractivity contribution >= 4 is 28.5 Å². The zero-order valence-electron chi connectivity index (χ0n) is 11.4. The Morgan fingerprint density at radius 1 is 0.957 bits per heavy atom. The molecule has 8 heteroatoms. The SMILES string of the molecule is N#CC(=C1Nc2ccccc2N1)c1nc(C#N)c(C#N)nc1Cl. The van der Waals surface area contributed by atoms with E-state index in [9.17, 15) is 5.26 Å². The first kappa shape index (κ1) is 14.3. The summed E-state index contributed by atoms with van der Waals surface area (Å²) in [5.41, 5.74) is 1.36. The van der Waals surface area contributed by atoms with Gasteiger partial charge < -0.3 is 10.6 Å². The Kier molecular flexibility index (Phi) is 3.52. The van der Waals surface area contributed by atoms with Gasteiger partial charge in [-0.2, -0.15) is 15.8 Å². The molecule has 7 nitrogen and oxygen atoms in total. The Bertz CT molecular complexity index is 946. The molecule has 0 saturated heterocycles. The summed E-state index contributed by atoms with van der Waals surface area (Å²) in [5, 5.41) is 33.4. The molecule has 2 heterocycles. The highest BCUT2D eigenvalue weighted by Gasteiger charge is 2.23. The summed E-state index contributed by atoms with van der Waals surface area (Å²) in [5.74, 6) is 0.387. The summed E-state index contributed by atoms with van der Waals surface area (Å²) in [6.45, 7) is 0. The molecular weight excluding hydrogens is 314 g/mol. The maximum atomic E-state index is 9.47. The van der Waals surface area contributed by atoms with E-state index < -0.39 is 0 Å². The maximum Gasteiger partial charge on any atom is 0.178 e. The number of anilines is 2. The van der Waals surface area contributed by atoms with Gasteiger partial charge in [0.15, 0.2) is 16.5 Å². The number of halogens is 1. The highest BCUT2D eigenvalue weighted by atomic mass is 35.5. The van der Waals surface area contributed by atoms with Gasteiger partial charge in [0.1, 0.15) is 35.3 Å². The number of hydrogen-bond donors (Lipinski definition) is 2. The molecule has 0 atom stereocenters. The lowest BCUT2D eigenvalue weighted by Gasteiger charge is -2.07. The highest BCUT2D eigenvalue weighted by molar-refractivity contribution is 6.31. The fourth-order valence-electron chi connectivity index (χ4n) is 2.08. The molecule has 1 aliphatic rings. The van der Waals surface area contributed by atoms with Gasteiger partial charge in [-0.15, -0.1) is 0 Å². The van der Waals surface area contributed by atoms with Gasteiger partial charge in [-0.05, 0) is 12.1 Å². The molecule has 108 valence electrons. The summed E-state index contributed by atoms with van der Waals surface area (Å²) in [6.07, 6.45) is 0. The third kappa shape index (κ3) is 2.40. The lowest BCUT2D eigenvalue weighted by atomic mass is 10.2. The van der Waals surface area contributed by atoms with Crippen LogP contribution < -0.4 is 10.6 Å². The second-order valence-corrected chi connectivity index (χ2v) is 4.80. The van der Waals surface area contributed by atoms with Crippen molar-refractivity contribution in [1.82, 2.24) is 9.97 Å². The number of nitrogens with one attached hydrogen (secondary N) is 2. The average Bonchev–Trinajstić information content (AvgIpc) is 3.00. The Hall–Kier alpha value is -3.60. The normalized spacial score (nSPS) is 11.3. The first-order chi connectivity index (χ1) is 11.2. The number of benzene rings is 1. The summed E-state index contributed by atoms with van der Waals surface area (Å²) in [4.78, 5) is 7.83. The minimum Gasteiger partial charge on any atom is -0.339 e. The van der Waals surface area contributed by atoms with E-state index >= 15 is 0 Å². The number of fused-ring (bicyclic) bond motifs is 1. The Morgan fingerprint density at radius 2 is 1.52 bits per heavy atom. The molecule has 0 aliphatic carbocycles. The van der Waals surface area contributed by atoms with Crippen molar-refractivity contribution < 1.29 is 0 Å². The number of hydrogen-bond acceptors (Lipinski definition) is 7. The van der Waals surface area contributed by atoms with Gasteiger partial charge in [0, 0.05) is 0 Å². The largest absolute Gasteiger partial charge is 0.339 e. The van der Waals surface area contributed by atoms with Gasteiger partial charge in [-0.25, -0.2) is 9.97 Å². The fraction of sp³-hybridized carbons (Fsp3) is 0. The van der Waals surface area contributed by atoms with Crippen LogP contribution in [0.15, 0.2) is 30.1 Å². The second-order valence-electron chi connectivity index (χ2n) is 4.44. The lowest BCUT2D eigenvalue weighted by molar-refractivity contribution is 1.10. The zero-order chi connectivity index (χ0) is 16.4. The molecule has 0 unspecified atom stereocenters. The van der Waals surface area contributed by atoms with E-state index in [1.165, 1.54) is 0 Å². The van der Waals surface area contributed by atoms with E-state index in [0.29, 0.717) is 5.82 Å². The van der Waals surface area contributed by atoms with Crippen molar-refractivity contribution in [2.24, 2.45) is 0 Å². The molecule has 3 rings (SSSR count). The quantitative estimate of drug-likeness (QED) is 0.775. The molecule has 0 fully saturated rings. The Morgan fingerprint density at radius 3 is 2.04 bits per heavy atom. The monoisotopic (exact) mass is 319 g/mol. The third-order valence-corrected chi connectivity index (χ3v) is 3.37. The molecule has 2 aromatic rings. The standard InChI is InChI=1S/C15H6ClN7/c16-14-13(20-11(6-18)12(7-19)21-14)8(5-17)15-22-9-3-1-2-4-10(9)23-15/h1-4,22-23H. The number of para-hydroxylation sites is 2. The van der Waals surface area contributed by atoms with Crippen LogP contribution in [0.1, 0.15) is 17.1 Å². The summed E-state index contributed by atoms with van der Waals surface area (Å²) in [7, 11) is 0. The van der Waals surface area contributed by atoms with E-state index in [-0.39, 0.29) is 27.8 Å². The minimum atomic E-state index is -0.184. The number of allylic oxidation sites excluding steroid dienone is 1. The maximum absolute atomic E-state index is 9.47. The number of rotatable bonds is 1. The van der Waals surface area contributed by atoms with Crippen LogP contribution in [0, 0.1) is 34.0 Å². The molecule has 2 N–H and O–H groups in total. The molecule has 23 heavy (non-hydrogen) atoms. The van der Waals surface area contributed by atoms with Crippen molar-refractivity contribution in [3.8, 4) is 18.2 Å². The molecule has 0 saturated carbocycles. The van der Waals surface area contributed by atoms with Crippen molar-refractivity contribution in [1.29, 1.82) is 15.8 Å². The van der Waals surface area contributed by atoms with E-state index in [1.54, 1.807) is 12.1 Å². The predicted octanol–water partition coefficient (Wildman–Crippen LogP) is 2.60. The minimum absolute atomic E-state index is 0.0347. The van der Waals surface area contributed by atoms with Gasteiger partial charge in [0.25, 0.3) is 0 Å². The van der Waals surface area contributed by atoms with E-state index in [0.717, 1.165) is 11.4 Å². The van der Waals surface area contributed by atoms with Gasteiger partial charge in [-0.1, -0.05) is 23.7 Å². The topological polar surface area (TPSA) is 121 Å². The average molecular weight is 320 g/mol. The van der Waals surface area contributed by atoms with Gasteiger partial charge in [-0.3, -0.25) is 0 Å². The van der Waals surface area contributed by atoms with Gasteiger partial charge in [0.2, 0.25) is 0 Å². The van der Waals surface area contributed by atoms with Crippen molar-refractivity contribution in [2.75, 3.05) is 10.6 Å². The smallest absolute Gasteiger partial charge is 0.178 e. The van der Waals surface area contributed by atoms with Crippen molar-refractivity contribution in [2.45, 2.75) is 0 Å². The third-order valence-electron chi connectivity index (χ3n) is 3.11. The van der Waals surface area contributed by atoms with Gasteiger partial charge >= 0.3 is 0 Å². The molecule has 0 amide bonds. The van der Waals surface area contributed by atoms with E-state index in [1.807, 2.05) is 30.3 Å². The second kappa shape index (κ2) is 5.65. The summed E-state index contributed by atoms with van der Waals surface area (Å²) in [6, 6.07) is 12.9. The molecule has 1 aliphatic heterocycles. The predicted molar refractivity (Wildman–Crippen MR) is 82.7 cm³/mol. The van der Waals surface area contributed by atoms with Crippen LogP contribution in [-0.2, 0) is 0 Å². The van der Waals surface area contributed by atoms with Crippen molar-refractivity contribution in [3.05, 3.63) is 52.3 Å². The number of aromatic nitrogens is 2. The number of nitriles is 3. The summed E-state index contributed by atoms with van der Waals surface area (Å²) < 4.78 is 0. The Balaban J connectivity index is 2.15. The van der Waals surface area contributed by atoms with Crippen LogP contribution in [0.25, 0.3) is 5.57 Å². The molecular formula is C15H6ClN7. The van der Waals surface area contributed by atoms with E-state index in [2.05, 4.69) is 20.6 Å². The summed E-state index contributed by atoms with van der Waals surface area (Å²) >= 11 is 6.03. The van der Waals surface area contributed by atoms with Crippen LogP contribution >= 0.6 is 11.6 Å². The molecule has 0 radical (unpaired) electrons. The zero-order valence-corrected chi connectivity index (χ0v) is 12.2. The molecule has 0 bridgehead atoms. The first-order valence-corrected chi connectivity index (χ1v) is 6.71. The van der Waals surface area contributed by atoms with Crippen LogP contribution in [0.2, 0.25) is 5.15 Å².